The third-order valence-corrected chi connectivity index (χ3v) is 26.6. The predicted octanol–water partition coefficient (Wildman–Crippen LogP) is 16.1. The van der Waals surface area contributed by atoms with Crippen LogP contribution in [0.3, 0.4) is 0 Å². The van der Waals surface area contributed by atoms with Gasteiger partial charge in [0.25, 0.3) is 0 Å². The maximum atomic E-state index is 15.0. The van der Waals surface area contributed by atoms with Gasteiger partial charge in [-0.15, -0.1) is 0 Å². The number of nitrogens with one attached hydrogen (secondary N) is 2. The van der Waals surface area contributed by atoms with Gasteiger partial charge in [0.15, 0.2) is 0 Å². The lowest BCUT2D eigenvalue weighted by Gasteiger charge is -2.38. The molecule has 9 aliphatic rings. The van der Waals surface area contributed by atoms with Gasteiger partial charge in [-0.25, -0.2) is 45.9 Å². The number of phenolic OH excluding ortho intramolecular Hbond substituents is 1. The number of ether oxygens (including phenoxy) is 9. The van der Waals surface area contributed by atoms with Crippen molar-refractivity contribution in [1.29, 1.82) is 0 Å². The van der Waals surface area contributed by atoms with Gasteiger partial charge in [-0.2, -0.15) is 0 Å². The van der Waals surface area contributed by atoms with E-state index in [-0.39, 0.29) is 71.7 Å². The Morgan fingerprint density at radius 2 is 0.780 bits per heavy atom. The van der Waals surface area contributed by atoms with Gasteiger partial charge in [-0.3, -0.25) is 25.0 Å². The molecular weight excluding hydrogens is 1830 g/mol. The van der Waals surface area contributed by atoms with Gasteiger partial charge in [0, 0.05) is 127 Å². The molecular formula is C104H125F5N12O20. The van der Waals surface area contributed by atoms with E-state index in [0.717, 1.165) is 35.8 Å². The summed E-state index contributed by atoms with van der Waals surface area (Å²) in [6.45, 7) is 16.4. The minimum atomic E-state index is -1.04. The first-order chi connectivity index (χ1) is 67.1. The number of fused-ring (bicyclic) bond motifs is 8. The normalized spacial score (nSPS) is 17.1. The number of amides is 9. The van der Waals surface area contributed by atoms with E-state index in [2.05, 4.69) is 10.7 Å². The Kier molecular flexibility index (Phi) is 34.2. The number of carbonyl (C=O) groups excluding carboxylic acids is 10. The van der Waals surface area contributed by atoms with Crippen LogP contribution in [0.1, 0.15) is 145 Å². The number of nitrogens with zero attached hydrogens (tertiary/aromatic N) is 9. The number of hydrazine groups is 1. The van der Waals surface area contributed by atoms with E-state index in [9.17, 15) is 70.6 Å². The maximum Gasteiger partial charge on any atom is 0.410 e. The van der Waals surface area contributed by atoms with E-state index in [1.807, 2.05) is 131 Å². The van der Waals surface area contributed by atoms with Crippen molar-refractivity contribution in [3.05, 3.63) is 226 Å². The number of piperidine rings is 5. The molecule has 37 heteroatoms. The molecule has 0 atom stereocenters. The molecule has 32 nitrogen and oxygen atoms in total. The summed E-state index contributed by atoms with van der Waals surface area (Å²) in [5, 5.41) is 12.9. The van der Waals surface area contributed by atoms with E-state index in [4.69, 9.17) is 48.5 Å². The van der Waals surface area contributed by atoms with Crippen molar-refractivity contribution in [3.63, 3.8) is 0 Å². The van der Waals surface area contributed by atoms with Gasteiger partial charge >= 0.3 is 30.5 Å². The van der Waals surface area contributed by atoms with Gasteiger partial charge in [0.1, 0.15) is 102 Å². The molecule has 0 radical (unpaired) electrons. The molecule has 5 N–H and O–H groups in total. The third-order valence-electron chi connectivity index (χ3n) is 26.6. The molecule has 9 heterocycles. The summed E-state index contributed by atoms with van der Waals surface area (Å²) in [6.07, 6.45) is 3.11. The van der Waals surface area contributed by atoms with E-state index in [1.165, 1.54) is 104 Å². The van der Waals surface area contributed by atoms with Crippen molar-refractivity contribution >= 4 is 88.8 Å². The summed E-state index contributed by atoms with van der Waals surface area (Å²) in [7, 11) is 13.2. The number of aldehydes is 1. The van der Waals surface area contributed by atoms with Gasteiger partial charge in [0.05, 0.1) is 71.4 Å². The predicted molar refractivity (Wildman–Crippen MR) is 517 cm³/mol. The molecule has 0 saturated carbocycles. The van der Waals surface area contributed by atoms with Gasteiger partial charge in [-0.1, -0.05) is 91.0 Å². The fourth-order valence-electron chi connectivity index (χ4n) is 19.1. The number of likely N-dealkylation sites (N-methyl/N-ethyl adjacent to an activating group) is 4. The summed E-state index contributed by atoms with van der Waals surface area (Å²) >= 11 is 0. The summed E-state index contributed by atoms with van der Waals surface area (Å²) < 4.78 is 120. The lowest BCUT2D eigenvalue weighted by Crippen LogP contribution is -2.50. The molecule has 5 saturated heterocycles. The molecule has 8 aromatic carbocycles. The molecule has 17 rings (SSSR count). The minimum absolute atomic E-state index is 0.100. The van der Waals surface area contributed by atoms with Crippen molar-refractivity contribution < 1.29 is 118 Å². The van der Waals surface area contributed by atoms with Crippen LogP contribution in [0.2, 0.25) is 0 Å². The number of anilines is 5. The van der Waals surface area contributed by atoms with Crippen molar-refractivity contribution in [3.8, 4) is 28.7 Å². The minimum Gasteiger partial charge on any atom is -0.506 e. The van der Waals surface area contributed by atoms with Crippen LogP contribution < -0.4 is 50.2 Å². The van der Waals surface area contributed by atoms with Crippen LogP contribution in [0.15, 0.2) is 158 Å². The summed E-state index contributed by atoms with van der Waals surface area (Å²) in [5.74, 6) is 4.11. The second-order valence-electron chi connectivity index (χ2n) is 38.0. The van der Waals surface area contributed by atoms with E-state index >= 15 is 4.39 Å². The topological polar surface area (TPSA) is 353 Å². The summed E-state index contributed by atoms with van der Waals surface area (Å²) in [5.41, 5.74) is 3.36. The van der Waals surface area contributed by atoms with Gasteiger partial charge in [0.2, 0.25) is 23.6 Å². The number of rotatable bonds is 15. The number of phenols is 1. The van der Waals surface area contributed by atoms with Crippen LogP contribution in [-0.2, 0) is 89.1 Å². The van der Waals surface area contributed by atoms with Crippen molar-refractivity contribution in [2.24, 2.45) is 11.8 Å². The quantitative estimate of drug-likeness (QED) is 0.0243. The number of hydrogen-bond donors (Lipinski definition) is 4. The van der Waals surface area contributed by atoms with Crippen LogP contribution in [0, 0.1) is 35.0 Å². The molecule has 141 heavy (non-hydrogen) atoms. The van der Waals surface area contributed by atoms with Crippen LogP contribution >= 0.6 is 0 Å². The highest BCUT2D eigenvalue weighted by atomic mass is 19.1. The number of methoxy groups -OCH3 is 3. The Labute approximate surface area is 817 Å². The second kappa shape index (κ2) is 45.5. The highest BCUT2D eigenvalue weighted by molar-refractivity contribution is 6.12. The first-order valence-corrected chi connectivity index (χ1v) is 46.7. The van der Waals surface area contributed by atoms with Crippen molar-refractivity contribution in [1.82, 2.24) is 29.4 Å². The zero-order chi connectivity index (χ0) is 102. The number of nitrogen functional groups attached to an aromatic ring is 1. The fraction of sp³-hybridized carbons (Fsp3) is 0.442. The number of likely N-dealkylation sites (tertiary alicyclic amines) is 5. The molecule has 8 aromatic rings. The summed E-state index contributed by atoms with van der Waals surface area (Å²) in [6, 6.07) is 43.6. The van der Waals surface area contributed by atoms with Crippen LogP contribution in [0.5, 0.6) is 28.7 Å². The zero-order valence-electron chi connectivity index (χ0n) is 82.0. The number of benzene rings is 8. The third kappa shape index (κ3) is 23.7. The number of aromatic hydroxyl groups is 1. The molecule has 9 aliphatic heterocycles. The summed E-state index contributed by atoms with van der Waals surface area (Å²) in [4.78, 5) is 138. The smallest absolute Gasteiger partial charge is 0.410 e. The number of nitrogens with two attached hydrogens (primary N) is 1. The molecule has 0 unspecified atom stereocenters. The Balaban J connectivity index is 0.000000154. The van der Waals surface area contributed by atoms with Crippen LogP contribution in [-0.4, -0.2) is 241 Å². The first kappa shape index (κ1) is 106. The average molecular weight is 1960 g/mol. The standard InChI is InChI=1S/C22H32FN3O4.C22H23FN2O4.C21H21FN2O4.C18H23FN2O4.C14H17NO3.C7H9FN2O/c1-21(2,3)30-20(28)26-11-9-22(10-12-26)17-15(23)7-8-16(29-14-13-24(4)5)18(17)25(6)19(22)27;1-24-19-17(28-2)9-8-16(23)18(19)22(20(24)26)10-12-25(13-11-22)21(27)29-14-15-6-4-3-5-7-15;1-27-16-8-7-15(22)17-18(16)23-19(25)21(17)9-11-24(12-10-21)20(26)28-13-14-5-3-2-4-6-14;1-17(2,3)25-16(24)21-9-7-18(8-10-21)13-11(19)5-6-12(22)14(13)20(4)15(18)23;16-10-12-6-8-15(9-7-12)14(17)18-11-13-4-2-1-3-5-13;1-11-7-3-2-5(8)4-6(7)10-9/h7-8H,9-14H2,1-6H3;3-9H,10-14H2,1-2H3;2-8H,9-13H2,1H3,(H,23,25);5-6,22H,7-10H2,1-4H3;1-5,10,12H,6-9,11H2;2-4,10H,9H2,1H3. The van der Waals surface area contributed by atoms with Crippen molar-refractivity contribution in [2.45, 2.75) is 158 Å². The Bertz CT molecular complexity index is 5820. The number of hydrogen-bond acceptors (Lipinski definition) is 23. The lowest BCUT2D eigenvalue weighted by molar-refractivity contribution is -0.125. The molecule has 0 aliphatic carbocycles. The monoisotopic (exact) mass is 1960 g/mol. The van der Waals surface area contributed by atoms with Crippen LogP contribution in [0.4, 0.5) is 74.4 Å². The molecule has 5 fully saturated rings. The van der Waals surface area contributed by atoms with Gasteiger partial charge in [-0.05, 0) is 197 Å². The molecule has 0 bridgehead atoms. The van der Waals surface area contributed by atoms with Crippen molar-refractivity contribution in [2.75, 3.05) is 161 Å². The van der Waals surface area contributed by atoms with Crippen LogP contribution in [0.25, 0.3) is 0 Å². The Morgan fingerprint density at radius 3 is 1.16 bits per heavy atom. The number of carbonyl (C=O) groups is 10. The maximum absolute atomic E-state index is 15.0. The largest absolute Gasteiger partial charge is 0.506 e. The van der Waals surface area contributed by atoms with E-state index in [1.54, 1.807) is 65.4 Å². The molecule has 756 valence electrons. The number of halogens is 5. The Hall–Kier alpha value is -14.0. The fourth-order valence-corrected chi connectivity index (χ4v) is 19.1. The first-order valence-electron chi connectivity index (χ1n) is 46.7. The molecule has 9 amide bonds. The molecule has 4 spiro atoms. The highest BCUT2D eigenvalue weighted by Gasteiger charge is 2.59. The zero-order valence-corrected chi connectivity index (χ0v) is 82.0. The average Bonchev–Trinajstić information content (AvgIpc) is 1.55. The Morgan fingerprint density at radius 1 is 0.447 bits per heavy atom. The highest BCUT2D eigenvalue weighted by Crippen LogP contribution is 2.57. The SMILES string of the molecule is CN(C)CCOc1ccc(F)c2c1N(C)C(=O)C21CCN(C(=O)OC(C)(C)C)CC1.CN1C(=O)C2(CCN(C(=O)OC(C)(C)C)CC2)c2c(F)ccc(O)c21.COc1ccc(F)c2c1N(C)C(=O)C21CCN(C(=O)OCc2ccccc2)CC1.COc1ccc(F)c2c1NC(=O)C21CCN(C(=O)OCc2ccccc2)CC1.COc1ccc(F)cc1NN.O=CC1CCN(C(=O)OCc2ccccc2)CC1. The lowest BCUT2D eigenvalue weighted by atomic mass is 9.73. The second-order valence-corrected chi connectivity index (χ2v) is 38.0. The molecule has 0 aromatic heterocycles. The van der Waals surface area contributed by atoms with Gasteiger partial charge < -0.3 is 107 Å². The van der Waals surface area contributed by atoms with E-state index in [0.29, 0.717) is 199 Å². The van der Waals surface area contributed by atoms with E-state index < -0.39 is 80.5 Å².